The molecule has 0 spiro atoms. The number of hydrogen-bond acceptors (Lipinski definition) is 5. The quantitative estimate of drug-likeness (QED) is 0.254. The molecule has 0 aromatic heterocycles. The first-order valence-corrected chi connectivity index (χ1v) is 10.8. The highest BCUT2D eigenvalue weighted by Crippen LogP contribution is 2.01. The highest BCUT2D eigenvalue weighted by atomic mass is 16.6. The maximum absolute atomic E-state index is 11.8. The first-order chi connectivity index (χ1) is 14.6. The first-order valence-electron chi connectivity index (χ1n) is 10.8. The summed E-state index contributed by atoms with van der Waals surface area (Å²) in [6, 6.07) is 0. The van der Waals surface area contributed by atoms with E-state index < -0.39 is 12.1 Å². The summed E-state index contributed by atoms with van der Waals surface area (Å²) in [6.07, 6.45) is 25.7. The average Bonchev–Trinajstić information content (AvgIpc) is 2.74. The lowest BCUT2D eigenvalue weighted by molar-refractivity contribution is -0.160. The van der Waals surface area contributed by atoms with Crippen molar-refractivity contribution < 1.29 is 24.2 Å². The van der Waals surface area contributed by atoms with Crippen LogP contribution in [0.4, 0.5) is 0 Å². The van der Waals surface area contributed by atoms with E-state index in [2.05, 4.69) is 49.5 Å². The second-order valence-electron chi connectivity index (χ2n) is 6.64. The number of carbonyl (C=O) groups is 2. The van der Waals surface area contributed by atoms with Crippen molar-refractivity contribution in [2.45, 2.75) is 71.3 Å². The molecule has 0 aliphatic heterocycles. The SMILES string of the molecule is CC/C=C\C/C=C\C/C=C\C/C=C\C/C=C\CC(=O)OC(CO)COC(=O)CCC. The van der Waals surface area contributed by atoms with Crippen LogP contribution in [0.3, 0.4) is 0 Å². The number of rotatable bonds is 17. The molecule has 5 nitrogen and oxygen atoms in total. The molecular weight excluding hydrogens is 380 g/mol. The molecule has 0 fully saturated rings. The number of aliphatic hydroxyl groups is 1. The largest absolute Gasteiger partial charge is 0.462 e. The molecule has 0 rings (SSSR count). The normalized spacial score (nSPS) is 13.3. The van der Waals surface area contributed by atoms with Crippen molar-refractivity contribution in [3.05, 3.63) is 60.8 Å². The Hall–Kier alpha value is -2.40. The van der Waals surface area contributed by atoms with E-state index in [-0.39, 0.29) is 25.6 Å². The van der Waals surface area contributed by atoms with Gasteiger partial charge in [0.05, 0.1) is 13.0 Å². The van der Waals surface area contributed by atoms with Crippen molar-refractivity contribution in [1.29, 1.82) is 0 Å². The smallest absolute Gasteiger partial charge is 0.310 e. The standard InChI is InChI=1S/C25H38O5/c1-3-5-6-7-8-9-10-11-12-13-14-15-16-17-18-20-25(28)30-23(21-26)22-29-24(27)19-4-2/h5-6,8-9,11-12,14-15,17-18,23,26H,3-4,7,10,13,16,19-22H2,1-2H3/b6-5-,9-8-,12-11-,15-14-,18-17-. The number of aliphatic hydroxyl groups excluding tert-OH is 1. The third-order valence-electron chi connectivity index (χ3n) is 3.83. The fourth-order valence-electron chi connectivity index (χ4n) is 2.25. The zero-order valence-corrected chi connectivity index (χ0v) is 18.5. The zero-order valence-electron chi connectivity index (χ0n) is 18.5. The van der Waals surface area contributed by atoms with E-state index >= 15 is 0 Å². The monoisotopic (exact) mass is 418 g/mol. The molecule has 0 saturated carbocycles. The summed E-state index contributed by atoms with van der Waals surface area (Å²) in [5, 5.41) is 9.21. The van der Waals surface area contributed by atoms with Crippen LogP contribution in [-0.2, 0) is 19.1 Å². The predicted octanol–water partition coefficient (Wildman–Crippen LogP) is 5.38. The van der Waals surface area contributed by atoms with E-state index in [1.807, 2.05) is 19.1 Å². The maximum atomic E-state index is 11.8. The van der Waals surface area contributed by atoms with Crippen LogP contribution in [0, 0.1) is 0 Å². The Bertz CT molecular complexity index is 584. The van der Waals surface area contributed by atoms with Gasteiger partial charge in [0.25, 0.3) is 0 Å². The molecule has 0 heterocycles. The predicted molar refractivity (Wildman–Crippen MR) is 122 cm³/mol. The summed E-state index contributed by atoms with van der Waals surface area (Å²) in [5.41, 5.74) is 0. The molecule has 0 bridgehead atoms. The highest BCUT2D eigenvalue weighted by Gasteiger charge is 2.15. The molecule has 1 unspecified atom stereocenters. The summed E-state index contributed by atoms with van der Waals surface area (Å²) in [5.74, 6) is -0.813. The van der Waals surface area contributed by atoms with Gasteiger partial charge in [-0.15, -0.1) is 0 Å². The Balaban J connectivity index is 3.84. The van der Waals surface area contributed by atoms with E-state index in [1.165, 1.54) is 0 Å². The number of esters is 2. The van der Waals surface area contributed by atoms with Gasteiger partial charge in [0, 0.05) is 6.42 Å². The van der Waals surface area contributed by atoms with Gasteiger partial charge in [-0.3, -0.25) is 9.59 Å². The Kier molecular flexibility index (Phi) is 19.6. The van der Waals surface area contributed by atoms with Crippen LogP contribution in [0.2, 0.25) is 0 Å². The molecule has 0 aromatic carbocycles. The van der Waals surface area contributed by atoms with Crippen LogP contribution in [-0.4, -0.2) is 36.4 Å². The van der Waals surface area contributed by atoms with Gasteiger partial charge in [-0.1, -0.05) is 74.6 Å². The van der Waals surface area contributed by atoms with E-state index in [4.69, 9.17) is 9.47 Å². The lowest BCUT2D eigenvalue weighted by Gasteiger charge is -2.15. The Morgan fingerprint density at radius 2 is 1.27 bits per heavy atom. The van der Waals surface area contributed by atoms with Gasteiger partial charge in [-0.2, -0.15) is 0 Å². The number of ether oxygens (including phenoxy) is 2. The fraction of sp³-hybridized carbons (Fsp3) is 0.520. The summed E-state index contributed by atoms with van der Waals surface area (Å²) >= 11 is 0. The van der Waals surface area contributed by atoms with E-state index in [9.17, 15) is 14.7 Å². The van der Waals surface area contributed by atoms with E-state index in [1.54, 1.807) is 6.08 Å². The third kappa shape index (κ3) is 18.9. The van der Waals surface area contributed by atoms with Gasteiger partial charge in [0.15, 0.2) is 6.10 Å². The first kappa shape index (κ1) is 27.6. The average molecular weight is 419 g/mol. The van der Waals surface area contributed by atoms with Crippen molar-refractivity contribution in [2.24, 2.45) is 0 Å². The topological polar surface area (TPSA) is 72.8 Å². The van der Waals surface area contributed by atoms with Crippen molar-refractivity contribution in [2.75, 3.05) is 13.2 Å². The van der Waals surface area contributed by atoms with Gasteiger partial charge in [-0.05, 0) is 38.5 Å². The van der Waals surface area contributed by atoms with Gasteiger partial charge in [0.1, 0.15) is 6.61 Å². The highest BCUT2D eigenvalue weighted by molar-refractivity contribution is 5.71. The van der Waals surface area contributed by atoms with Crippen LogP contribution in [0.25, 0.3) is 0 Å². The third-order valence-corrected chi connectivity index (χ3v) is 3.83. The van der Waals surface area contributed by atoms with E-state index in [0.717, 1.165) is 32.1 Å². The number of carbonyl (C=O) groups excluding carboxylic acids is 2. The summed E-state index contributed by atoms with van der Waals surface area (Å²) < 4.78 is 10.0. The lowest BCUT2D eigenvalue weighted by atomic mass is 10.2. The van der Waals surface area contributed by atoms with Gasteiger partial charge < -0.3 is 14.6 Å². The second-order valence-corrected chi connectivity index (χ2v) is 6.64. The van der Waals surface area contributed by atoms with Crippen molar-refractivity contribution >= 4 is 11.9 Å². The molecule has 0 aliphatic carbocycles. The second kappa shape index (κ2) is 21.3. The van der Waals surface area contributed by atoms with Gasteiger partial charge in [-0.25, -0.2) is 0 Å². The number of hydrogen-bond donors (Lipinski definition) is 1. The summed E-state index contributed by atoms with van der Waals surface area (Å²) in [4.78, 5) is 23.1. The zero-order chi connectivity index (χ0) is 22.3. The maximum Gasteiger partial charge on any atom is 0.310 e. The molecule has 168 valence electrons. The Morgan fingerprint density at radius 3 is 1.73 bits per heavy atom. The molecule has 0 aromatic rings. The van der Waals surface area contributed by atoms with Crippen LogP contribution >= 0.6 is 0 Å². The molecule has 0 saturated heterocycles. The van der Waals surface area contributed by atoms with E-state index in [0.29, 0.717) is 12.8 Å². The summed E-state index contributed by atoms with van der Waals surface area (Å²) in [6.45, 7) is 3.51. The molecule has 0 amide bonds. The Labute approximate surface area is 181 Å². The molecule has 0 aliphatic rings. The number of allylic oxidation sites excluding steroid dienone is 9. The van der Waals surface area contributed by atoms with Gasteiger partial charge >= 0.3 is 11.9 Å². The molecule has 0 radical (unpaired) electrons. The van der Waals surface area contributed by atoms with Crippen LogP contribution < -0.4 is 0 Å². The fourth-order valence-corrected chi connectivity index (χ4v) is 2.25. The van der Waals surface area contributed by atoms with Crippen molar-refractivity contribution in [3.8, 4) is 0 Å². The molecule has 30 heavy (non-hydrogen) atoms. The molecule has 1 N–H and O–H groups in total. The molecule has 5 heteroatoms. The lowest BCUT2D eigenvalue weighted by Crippen LogP contribution is -2.28. The van der Waals surface area contributed by atoms with Crippen LogP contribution in [0.1, 0.15) is 65.2 Å². The molecular formula is C25H38O5. The van der Waals surface area contributed by atoms with Crippen LogP contribution in [0.15, 0.2) is 60.8 Å². The minimum absolute atomic E-state index is 0.118. The Morgan fingerprint density at radius 1 is 0.767 bits per heavy atom. The molecule has 1 atom stereocenters. The van der Waals surface area contributed by atoms with Crippen molar-refractivity contribution in [3.63, 3.8) is 0 Å². The summed E-state index contributed by atoms with van der Waals surface area (Å²) in [7, 11) is 0. The van der Waals surface area contributed by atoms with Crippen LogP contribution in [0.5, 0.6) is 0 Å². The minimum Gasteiger partial charge on any atom is -0.462 e. The minimum atomic E-state index is -0.818. The van der Waals surface area contributed by atoms with Crippen molar-refractivity contribution in [1.82, 2.24) is 0 Å². The van der Waals surface area contributed by atoms with Gasteiger partial charge in [0.2, 0.25) is 0 Å².